The molecule has 108 valence electrons. The van der Waals surface area contributed by atoms with Gasteiger partial charge in [0.2, 0.25) is 0 Å². The van der Waals surface area contributed by atoms with Crippen LogP contribution in [0.4, 0.5) is 0 Å². The van der Waals surface area contributed by atoms with E-state index in [0.29, 0.717) is 30.3 Å². The quantitative estimate of drug-likeness (QED) is 0.801. The lowest BCUT2D eigenvalue weighted by Crippen LogP contribution is -2.53. The van der Waals surface area contributed by atoms with Gasteiger partial charge in [0.15, 0.2) is 0 Å². The number of hydrogen-bond donors (Lipinski definition) is 2. The molecule has 4 heteroatoms. The molecule has 2 bridgehead atoms. The number of morpholine rings is 1. The Morgan fingerprint density at radius 1 is 1.05 bits per heavy atom. The monoisotopic (exact) mass is 266 g/mol. The highest BCUT2D eigenvalue weighted by molar-refractivity contribution is 4.99. The van der Waals surface area contributed by atoms with Gasteiger partial charge in [0.1, 0.15) is 0 Å². The van der Waals surface area contributed by atoms with Crippen LogP contribution in [0.25, 0.3) is 0 Å². The molecule has 0 aromatic heterocycles. The van der Waals surface area contributed by atoms with E-state index < -0.39 is 0 Å². The maximum Gasteiger partial charge on any atom is 0.0733 e. The summed E-state index contributed by atoms with van der Waals surface area (Å²) in [6.07, 6.45) is 8.89. The van der Waals surface area contributed by atoms with Crippen LogP contribution in [0.1, 0.15) is 38.5 Å². The third-order valence-electron chi connectivity index (χ3n) is 5.57. The topological polar surface area (TPSA) is 42.5 Å². The maximum absolute atomic E-state index is 5.97. The Kier molecular flexibility index (Phi) is 3.52. The summed E-state index contributed by atoms with van der Waals surface area (Å²) in [5, 5.41) is 7.59. The molecule has 4 rings (SSSR count). The van der Waals surface area contributed by atoms with Crippen molar-refractivity contribution < 1.29 is 9.47 Å². The largest absolute Gasteiger partial charge is 0.379 e. The molecular formula is C15H26N2O2. The zero-order chi connectivity index (χ0) is 12.7. The molecule has 0 amide bonds. The van der Waals surface area contributed by atoms with E-state index in [1.807, 2.05) is 0 Å². The van der Waals surface area contributed by atoms with Crippen LogP contribution >= 0.6 is 0 Å². The molecule has 3 aliphatic heterocycles. The molecule has 0 aromatic rings. The maximum atomic E-state index is 5.97. The SMILES string of the molecule is C1CC(N[C@@H]2C[C@H]3CC[C@@H]2O3)C(C2COCCN2)C1. The van der Waals surface area contributed by atoms with Crippen molar-refractivity contribution in [2.75, 3.05) is 19.8 Å². The van der Waals surface area contributed by atoms with Crippen molar-refractivity contribution in [3.8, 4) is 0 Å². The van der Waals surface area contributed by atoms with Gasteiger partial charge < -0.3 is 20.1 Å². The molecule has 2 N–H and O–H groups in total. The summed E-state index contributed by atoms with van der Waals surface area (Å²) < 4.78 is 11.6. The first-order chi connectivity index (χ1) is 9.40. The minimum absolute atomic E-state index is 0.502. The van der Waals surface area contributed by atoms with E-state index in [9.17, 15) is 0 Å². The second-order valence-corrected chi connectivity index (χ2v) is 6.72. The van der Waals surface area contributed by atoms with Crippen LogP contribution in [0.2, 0.25) is 0 Å². The molecule has 0 spiro atoms. The summed E-state index contributed by atoms with van der Waals surface area (Å²) in [5.41, 5.74) is 0. The lowest BCUT2D eigenvalue weighted by molar-refractivity contribution is 0.0499. The van der Waals surface area contributed by atoms with Crippen molar-refractivity contribution in [1.29, 1.82) is 0 Å². The van der Waals surface area contributed by atoms with Gasteiger partial charge in [-0.2, -0.15) is 0 Å². The van der Waals surface area contributed by atoms with Gasteiger partial charge in [0, 0.05) is 24.7 Å². The van der Waals surface area contributed by atoms with E-state index in [1.54, 1.807) is 0 Å². The lowest BCUT2D eigenvalue weighted by atomic mass is 9.90. The van der Waals surface area contributed by atoms with Crippen LogP contribution in [0.15, 0.2) is 0 Å². The molecule has 4 nitrogen and oxygen atoms in total. The average Bonchev–Trinajstić information content (AvgIpc) is 3.16. The normalized spacial score (nSPS) is 49.9. The van der Waals surface area contributed by atoms with Crippen LogP contribution < -0.4 is 10.6 Å². The Labute approximate surface area is 115 Å². The van der Waals surface area contributed by atoms with Gasteiger partial charge in [-0.15, -0.1) is 0 Å². The summed E-state index contributed by atoms with van der Waals surface area (Å²) in [4.78, 5) is 0. The van der Waals surface area contributed by atoms with E-state index >= 15 is 0 Å². The van der Waals surface area contributed by atoms with Gasteiger partial charge in [-0.25, -0.2) is 0 Å². The Balaban J connectivity index is 1.37. The van der Waals surface area contributed by atoms with E-state index in [2.05, 4.69) is 10.6 Å². The van der Waals surface area contributed by atoms with Gasteiger partial charge in [-0.1, -0.05) is 6.42 Å². The number of hydrogen-bond acceptors (Lipinski definition) is 4. The standard InChI is InChI=1S/C15H26N2O2/c1-2-11(14-9-18-7-6-16-14)12(3-1)17-13-8-10-4-5-15(13)19-10/h10-17H,1-9H2/t10-,11?,12?,13-,14?,15+/m1/s1. The second-order valence-electron chi connectivity index (χ2n) is 6.72. The van der Waals surface area contributed by atoms with Crippen molar-refractivity contribution in [1.82, 2.24) is 10.6 Å². The summed E-state index contributed by atoms with van der Waals surface area (Å²) >= 11 is 0. The van der Waals surface area contributed by atoms with Crippen LogP contribution in [0.3, 0.4) is 0 Å². The van der Waals surface area contributed by atoms with Gasteiger partial charge in [-0.05, 0) is 38.0 Å². The minimum Gasteiger partial charge on any atom is -0.379 e. The Bertz CT molecular complexity index is 319. The summed E-state index contributed by atoms with van der Waals surface area (Å²) in [6, 6.07) is 1.86. The number of rotatable bonds is 3. The fourth-order valence-electron chi connectivity index (χ4n) is 4.63. The molecule has 3 unspecified atom stereocenters. The molecule has 19 heavy (non-hydrogen) atoms. The van der Waals surface area contributed by atoms with Crippen molar-refractivity contribution >= 4 is 0 Å². The van der Waals surface area contributed by atoms with Crippen LogP contribution in [0.5, 0.6) is 0 Å². The number of nitrogens with one attached hydrogen (secondary N) is 2. The molecule has 4 aliphatic rings. The van der Waals surface area contributed by atoms with Crippen LogP contribution in [-0.2, 0) is 9.47 Å². The van der Waals surface area contributed by atoms with E-state index in [4.69, 9.17) is 9.47 Å². The minimum atomic E-state index is 0.502. The second kappa shape index (κ2) is 5.32. The van der Waals surface area contributed by atoms with Crippen LogP contribution in [0, 0.1) is 5.92 Å². The Hall–Kier alpha value is -0.160. The van der Waals surface area contributed by atoms with Crippen LogP contribution in [-0.4, -0.2) is 50.1 Å². The summed E-state index contributed by atoms with van der Waals surface area (Å²) in [7, 11) is 0. The fraction of sp³-hybridized carbons (Fsp3) is 1.00. The summed E-state index contributed by atoms with van der Waals surface area (Å²) in [5.74, 6) is 0.749. The third-order valence-corrected chi connectivity index (χ3v) is 5.57. The molecule has 3 heterocycles. The smallest absolute Gasteiger partial charge is 0.0733 e. The molecule has 6 atom stereocenters. The van der Waals surface area contributed by atoms with E-state index in [1.165, 1.54) is 38.5 Å². The van der Waals surface area contributed by atoms with Crippen molar-refractivity contribution in [3.63, 3.8) is 0 Å². The Morgan fingerprint density at radius 3 is 2.79 bits per heavy atom. The first-order valence-corrected chi connectivity index (χ1v) is 8.13. The van der Waals surface area contributed by atoms with Crippen molar-refractivity contribution in [3.05, 3.63) is 0 Å². The lowest BCUT2D eigenvalue weighted by Gasteiger charge is -2.35. The number of ether oxygens (including phenoxy) is 2. The predicted molar refractivity (Wildman–Crippen MR) is 73.2 cm³/mol. The fourth-order valence-corrected chi connectivity index (χ4v) is 4.63. The zero-order valence-electron chi connectivity index (χ0n) is 11.6. The molecule has 0 aromatic carbocycles. The highest BCUT2D eigenvalue weighted by atomic mass is 16.5. The molecule has 1 aliphatic carbocycles. The summed E-state index contributed by atoms with van der Waals surface area (Å²) in [6.45, 7) is 2.79. The van der Waals surface area contributed by atoms with Crippen molar-refractivity contribution in [2.24, 2.45) is 5.92 Å². The van der Waals surface area contributed by atoms with Gasteiger partial charge in [-0.3, -0.25) is 0 Å². The number of fused-ring (bicyclic) bond motifs is 2. The predicted octanol–water partition coefficient (Wildman–Crippen LogP) is 1.05. The third kappa shape index (κ3) is 2.44. The molecular weight excluding hydrogens is 240 g/mol. The van der Waals surface area contributed by atoms with E-state index in [0.717, 1.165) is 25.7 Å². The van der Waals surface area contributed by atoms with Gasteiger partial charge in [0.05, 0.1) is 25.4 Å². The molecule has 3 saturated heterocycles. The molecule has 4 fully saturated rings. The Morgan fingerprint density at radius 2 is 2.05 bits per heavy atom. The molecule has 0 radical (unpaired) electrons. The first-order valence-electron chi connectivity index (χ1n) is 8.13. The molecule has 1 saturated carbocycles. The van der Waals surface area contributed by atoms with Crippen molar-refractivity contribution in [2.45, 2.75) is 68.9 Å². The highest BCUT2D eigenvalue weighted by Gasteiger charge is 2.43. The average molecular weight is 266 g/mol. The van der Waals surface area contributed by atoms with Gasteiger partial charge in [0.25, 0.3) is 0 Å². The van der Waals surface area contributed by atoms with E-state index in [-0.39, 0.29) is 0 Å². The van der Waals surface area contributed by atoms with Gasteiger partial charge >= 0.3 is 0 Å². The first kappa shape index (κ1) is 12.6. The highest BCUT2D eigenvalue weighted by Crippen LogP contribution is 2.37. The zero-order valence-corrected chi connectivity index (χ0v) is 11.6.